The Hall–Kier alpha value is 0.118. The van der Waals surface area contributed by atoms with Crippen molar-refractivity contribution in [1.82, 2.24) is 11.5 Å². The van der Waals surface area contributed by atoms with Crippen molar-refractivity contribution in [3.63, 3.8) is 0 Å². The average molecular weight is 349 g/mol. The number of morpholine rings is 3. The Morgan fingerprint density at radius 3 is 1.05 bits per heavy atom. The first-order chi connectivity index (χ1) is 9.82. The van der Waals surface area contributed by atoms with Gasteiger partial charge in [0.05, 0.1) is 0 Å². The van der Waals surface area contributed by atoms with Crippen molar-refractivity contribution in [2.45, 2.75) is 0 Å². The molecule has 0 aromatic carbocycles. The fraction of sp³-hybridized carbons (Fsp3) is 1.00. The fourth-order valence-corrected chi connectivity index (χ4v) is 9.54. The number of nitrogens with zero attached hydrogens (tertiary/aromatic N) is 3. The van der Waals surface area contributed by atoms with E-state index in [1.165, 1.54) is 0 Å². The van der Waals surface area contributed by atoms with Crippen LogP contribution in [-0.4, -0.2) is 105 Å². The van der Waals surface area contributed by atoms with E-state index in [9.17, 15) is 3.74 Å². The molecule has 116 valence electrons. The van der Waals surface area contributed by atoms with Gasteiger partial charge in [-0.15, -0.1) is 0 Å². The molecule has 3 aliphatic heterocycles. The molecule has 0 atom stereocenters. The summed E-state index contributed by atoms with van der Waals surface area (Å²) in [5.74, 6) is 0. The molecule has 0 N–H and O–H groups in total. The van der Waals surface area contributed by atoms with Crippen molar-refractivity contribution >= 4 is 14.2 Å². The Balaban J connectivity index is 1.81. The molecule has 0 bridgehead atoms. The van der Waals surface area contributed by atoms with Gasteiger partial charge in [-0.3, -0.25) is 0 Å². The third-order valence-corrected chi connectivity index (χ3v) is 11.2. The molecule has 0 spiro atoms. The molecular formula is C12H24AsN3O4. The van der Waals surface area contributed by atoms with Gasteiger partial charge >= 0.3 is 122 Å². The van der Waals surface area contributed by atoms with Crippen LogP contribution in [0.2, 0.25) is 0 Å². The molecular weight excluding hydrogens is 325 g/mol. The Bertz CT molecular complexity index is 300. The van der Waals surface area contributed by atoms with E-state index in [4.69, 9.17) is 14.2 Å². The molecule has 8 heteroatoms. The number of rotatable bonds is 3. The van der Waals surface area contributed by atoms with Crippen LogP contribution in [-0.2, 0) is 18.0 Å². The van der Waals surface area contributed by atoms with Gasteiger partial charge in [-0.05, 0) is 0 Å². The van der Waals surface area contributed by atoms with Gasteiger partial charge in [-0.2, -0.15) is 0 Å². The number of hydrogen-bond acceptors (Lipinski definition) is 4. The van der Waals surface area contributed by atoms with E-state index in [0.29, 0.717) is 39.6 Å². The van der Waals surface area contributed by atoms with E-state index >= 15 is 0 Å². The van der Waals surface area contributed by atoms with E-state index < -0.39 is 14.2 Å². The van der Waals surface area contributed by atoms with Gasteiger partial charge in [0.2, 0.25) is 0 Å². The van der Waals surface area contributed by atoms with Gasteiger partial charge in [0.25, 0.3) is 0 Å². The average Bonchev–Trinajstić information content (AvgIpc) is 2.56. The van der Waals surface area contributed by atoms with Crippen molar-refractivity contribution < 1.29 is 18.0 Å². The van der Waals surface area contributed by atoms with Crippen LogP contribution in [0.5, 0.6) is 0 Å². The zero-order valence-electron chi connectivity index (χ0n) is 11.9. The third-order valence-electron chi connectivity index (χ3n) is 4.07. The van der Waals surface area contributed by atoms with Crippen molar-refractivity contribution in [2.24, 2.45) is 0 Å². The van der Waals surface area contributed by atoms with Crippen LogP contribution < -0.4 is 0 Å². The molecule has 3 heterocycles. The molecule has 20 heavy (non-hydrogen) atoms. The van der Waals surface area contributed by atoms with Crippen molar-refractivity contribution in [3.8, 4) is 0 Å². The van der Waals surface area contributed by atoms with Crippen LogP contribution in [0, 0.1) is 0 Å². The molecule has 0 aromatic heterocycles. The molecule has 3 rings (SSSR count). The molecule has 0 aliphatic carbocycles. The Labute approximate surface area is 123 Å². The van der Waals surface area contributed by atoms with Crippen LogP contribution in [0.4, 0.5) is 0 Å². The molecule has 0 radical (unpaired) electrons. The summed E-state index contributed by atoms with van der Waals surface area (Å²) in [5, 5.41) is 0. The second-order valence-corrected chi connectivity index (χ2v) is 10.9. The summed E-state index contributed by atoms with van der Waals surface area (Å²) in [6.07, 6.45) is 0. The van der Waals surface area contributed by atoms with Crippen LogP contribution >= 0.6 is 0 Å². The second kappa shape index (κ2) is 6.92. The normalized spacial score (nSPS) is 28.6. The van der Waals surface area contributed by atoms with Gasteiger partial charge in [0, 0.05) is 0 Å². The minimum absolute atomic E-state index is 0.681. The zero-order valence-corrected chi connectivity index (χ0v) is 13.8. The predicted molar refractivity (Wildman–Crippen MR) is 73.6 cm³/mol. The summed E-state index contributed by atoms with van der Waals surface area (Å²) in [6.45, 7) is 8.70. The molecule has 3 aliphatic rings. The molecule has 7 nitrogen and oxygen atoms in total. The first-order valence-electron chi connectivity index (χ1n) is 7.41. The van der Waals surface area contributed by atoms with Gasteiger partial charge < -0.3 is 0 Å². The van der Waals surface area contributed by atoms with E-state index in [2.05, 4.69) is 11.5 Å². The summed E-state index contributed by atoms with van der Waals surface area (Å²) in [4.78, 5) is 0. The Morgan fingerprint density at radius 1 is 0.550 bits per heavy atom. The van der Waals surface area contributed by atoms with Gasteiger partial charge in [-0.1, -0.05) is 0 Å². The van der Waals surface area contributed by atoms with Crippen LogP contribution in [0.1, 0.15) is 0 Å². The minimum atomic E-state index is -3.45. The predicted octanol–water partition coefficient (Wildman–Crippen LogP) is -1.15. The van der Waals surface area contributed by atoms with Crippen molar-refractivity contribution in [2.75, 3.05) is 78.9 Å². The topological polar surface area (TPSA) is 54.5 Å². The van der Waals surface area contributed by atoms with Gasteiger partial charge in [0.15, 0.2) is 0 Å². The summed E-state index contributed by atoms with van der Waals surface area (Å²) >= 11 is -3.45. The zero-order chi connectivity index (χ0) is 13.8. The Morgan fingerprint density at radius 2 is 0.800 bits per heavy atom. The summed E-state index contributed by atoms with van der Waals surface area (Å²) < 4.78 is 36.8. The van der Waals surface area contributed by atoms with Gasteiger partial charge in [0.1, 0.15) is 0 Å². The maximum absolute atomic E-state index is 14.0. The first-order valence-corrected chi connectivity index (χ1v) is 10.7. The van der Waals surface area contributed by atoms with Crippen molar-refractivity contribution in [1.29, 1.82) is 0 Å². The second-order valence-electron chi connectivity index (χ2n) is 5.21. The SMILES string of the molecule is O=[As](N1CCOCC1)(N1CCOCC1)N1CCOCC1. The standard InChI is InChI=1S/C12H24AsN3O4/c17-13(14-1-7-18-8-2-14,15-3-9-19-10-4-15)16-5-11-20-12-6-16/h1-12H2. The van der Waals surface area contributed by atoms with Crippen molar-refractivity contribution in [3.05, 3.63) is 0 Å². The number of ether oxygens (including phenoxy) is 3. The summed E-state index contributed by atoms with van der Waals surface area (Å²) in [6, 6.07) is 0. The van der Waals surface area contributed by atoms with Crippen LogP contribution in [0.25, 0.3) is 0 Å². The molecule has 0 aromatic rings. The maximum atomic E-state index is 14.0. The van der Waals surface area contributed by atoms with Crippen LogP contribution in [0.15, 0.2) is 0 Å². The molecule has 0 unspecified atom stereocenters. The van der Waals surface area contributed by atoms with E-state index in [1.807, 2.05) is 0 Å². The first kappa shape index (κ1) is 15.0. The number of hydrogen-bond donors (Lipinski definition) is 0. The van der Waals surface area contributed by atoms with E-state index in [-0.39, 0.29) is 0 Å². The monoisotopic (exact) mass is 349 g/mol. The third kappa shape index (κ3) is 2.99. The van der Waals surface area contributed by atoms with Gasteiger partial charge in [-0.25, -0.2) is 0 Å². The summed E-state index contributed by atoms with van der Waals surface area (Å²) in [7, 11) is 0. The Kier molecular flexibility index (Phi) is 5.20. The molecule has 0 saturated carbocycles. The molecule has 3 saturated heterocycles. The molecule has 3 fully saturated rings. The fourth-order valence-electron chi connectivity index (χ4n) is 2.98. The summed E-state index contributed by atoms with van der Waals surface area (Å²) in [5.41, 5.74) is 0. The van der Waals surface area contributed by atoms with E-state index in [0.717, 1.165) is 39.3 Å². The molecule has 0 amide bonds. The van der Waals surface area contributed by atoms with E-state index in [1.54, 1.807) is 0 Å². The quantitative estimate of drug-likeness (QED) is 0.597. The van der Waals surface area contributed by atoms with Crippen LogP contribution in [0.3, 0.4) is 0 Å².